The number of nitrogens with zero attached hydrogens (tertiary/aromatic N) is 4. The normalized spacial score (nSPS) is 14.4. The smallest absolute Gasteiger partial charge is 0.322 e. The minimum Gasteiger partial charge on any atom is -0.467 e. The van der Waals surface area contributed by atoms with Gasteiger partial charge in [0.2, 0.25) is 11.9 Å². The molecule has 18 heavy (non-hydrogen) atoms. The lowest BCUT2D eigenvalue weighted by Gasteiger charge is -2.22. The molecule has 0 bridgehead atoms. The van der Waals surface area contributed by atoms with Gasteiger partial charge in [0.05, 0.1) is 13.7 Å². The number of nitrogen functional groups attached to an aromatic ring is 1. The Morgan fingerprint density at radius 3 is 2.67 bits per heavy atom. The maximum atomic E-state index is 5.33. The summed E-state index contributed by atoms with van der Waals surface area (Å²) >= 11 is 0. The first-order valence-electron chi connectivity index (χ1n) is 5.80. The molecule has 8 heteroatoms. The van der Waals surface area contributed by atoms with E-state index < -0.39 is 0 Å². The van der Waals surface area contributed by atoms with E-state index in [2.05, 4.69) is 25.3 Å². The summed E-state index contributed by atoms with van der Waals surface area (Å²) in [6, 6.07) is 0.717. The fourth-order valence-corrected chi connectivity index (χ4v) is 1.65. The number of methoxy groups -OCH3 is 2. The van der Waals surface area contributed by atoms with Crippen LogP contribution >= 0.6 is 0 Å². The van der Waals surface area contributed by atoms with Crippen molar-refractivity contribution in [1.82, 2.24) is 15.0 Å². The van der Waals surface area contributed by atoms with Crippen LogP contribution in [0.15, 0.2) is 0 Å². The lowest BCUT2D eigenvalue weighted by atomic mass is 10.5. The van der Waals surface area contributed by atoms with Crippen molar-refractivity contribution in [2.24, 2.45) is 5.84 Å². The second-order valence-corrected chi connectivity index (χ2v) is 4.01. The van der Waals surface area contributed by atoms with Gasteiger partial charge in [-0.2, -0.15) is 15.0 Å². The minimum absolute atomic E-state index is 0.246. The lowest BCUT2D eigenvalue weighted by Crippen LogP contribution is -2.31. The predicted molar refractivity (Wildman–Crippen MR) is 66.4 cm³/mol. The fourth-order valence-electron chi connectivity index (χ4n) is 1.65. The number of anilines is 2. The van der Waals surface area contributed by atoms with E-state index in [9.17, 15) is 0 Å². The van der Waals surface area contributed by atoms with Crippen molar-refractivity contribution in [2.45, 2.75) is 18.9 Å². The van der Waals surface area contributed by atoms with Gasteiger partial charge >= 0.3 is 6.01 Å². The molecular formula is C10H18N6O2. The lowest BCUT2D eigenvalue weighted by molar-refractivity contribution is 0.204. The molecule has 1 heterocycles. The Morgan fingerprint density at radius 2 is 2.11 bits per heavy atom. The highest BCUT2D eigenvalue weighted by atomic mass is 16.5. The summed E-state index contributed by atoms with van der Waals surface area (Å²) in [6.07, 6.45) is 2.28. The fraction of sp³-hybridized carbons (Fsp3) is 0.700. The van der Waals surface area contributed by atoms with Crippen LogP contribution in [0.3, 0.4) is 0 Å². The minimum atomic E-state index is 0.246. The summed E-state index contributed by atoms with van der Waals surface area (Å²) in [7, 11) is 3.18. The van der Waals surface area contributed by atoms with Crippen LogP contribution in [-0.4, -0.2) is 48.4 Å². The Hall–Kier alpha value is -1.67. The van der Waals surface area contributed by atoms with E-state index in [4.69, 9.17) is 15.3 Å². The predicted octanol–water partition coefficient (Wildman–Crippen LogP) is -0.219. The van der Waals surface area contributed by atoms with Gasteiger partial charge in [0.25, 0.3) is 0 Å². The molecule has 0 spiro atoms. The summed E-state index contributed by atoms with van der Waals surface area (Å²) in [4.78, 5) is 14.6. The van der Waals surface area contributed by atoms with E-state index in [1.54, 1.807) is 7.11 Å². The summed E-state index contributed by atoms with van der Waals surface area (Å²) in [5, 5.41) is 0. The molecule has 1 aliphatic rings. The third kappa shape index (κ3) is 2.96. The quantitative estimate of drug-likeness (QED) is 0.509. The molecule has 0 radical (unpaired) electrons. The van der Waals surface area contributed by atoms with Crippen molar-refractivity contribution < 1.29 is 9.47 Å². The van der Waals surface area contributed by atoms with Crippen LogP contribution < -0.4 is 20.9 Å². The molecule has 1 aromatic rings. The van der Waals surface area contributed by atoms with Crippen molar-refractivity contribution in [3.05, 3.63) is 0 Å². The van der Waals surface area contributed by atoms with E-state index in [-0.39, 0.29) is 6.01 Å². The Kier molecular flexibility index (Phi) is 4.11. The third-order valence-electron chi connectivity index (χ3n) is 2.70. The second-order valence-electron chi connectivity index (χ2n) is 4.01. The van der Waals surface area contributed by atoms with E-state index in [1.807, 2.05) is 0 Å². The van der Waals surface area contributed by atoms with Gasteiger partial charge < -0.3 is 14.4 Å². The van der Waals surface area contributed by atoms with Gasteiger partial charge in [-0.25, -0.2) is 5.84 Å². The van der Waals surface area contributed by atoms with Crippen molar-refractivity contribution in [3.8, 4) is 6.01 Å². The van der Waals surface area contributed by atoms with Crippen molar-refractivity contribution in [1.29, 1.82) is 0 Å². The monoisotopic (exact) mass is 254 g/mol. The Labute approximate surface area is 105 Å². The molecule has 0 saturated heterocycles. The number of hydrogen-bond donors (Lipinski definition) is 2. The molecule has 1 saturated carbocycles. The second kappa shape index (κ2) is 5.78. The van der Waals surface area contributed by atoms with E-state index in [0.29, 0.717) is 24.5 Å². The molecule has 100 valence electrons. The number of rotatable bonds is 7. The van der Waals surface area contributed by atoms with Crippen LogP contribution in [0.4, 0.5) is 11.9 Å². The average molecular weight is 254 g/mol. The molecule has 0 unspecified atom stereocenters. The standard InChI is InChI=1S/C10H18N6O2/c1-17-6-5-16(7-3-4-7)9-12-8(15-11)13-10(14-9)18-2/h7H,3-6,11H2,1-2H3,(H,12,13,14,15). The first kappa shape index (κ1) is 12.8. The molecule has 1 aromatic heterocycles. The van der Waals surface area contributed by atoms with Gasteiger partial charge in [-0.05, 0) is 12.8 Å². The summed E-state index contributed by atoms with van der Waals surface area (Å²) < 4.78 is 10.1. The van der Waals surface area contributed by atoms with Crippen LogP contribution in [0.2, 0.25) is 0 Å². The maximum Gasteiger partial charge on any atom is 0.322 e. The molecule has 0 aliphatic heterocycles. The zero-order valence-electron chi connectivity index (χ0n) is 10.6. The number of hydrogen-bond acceptors (Lipinski definition) is 8. The van der Waals surface area contributed by atoms with Gasteiger partial charge in [-0.1, -0.05) is 0 Å². The summed E-state index contributed by atoms with van der Waals surface area (Å²) in [6.45, 7) is 1.36. The zero-order chi connectivity index (χ0) is 13.0. The zero-order valence-corrected chi connectivity index (χ0v) is 10.6. The van der Waals surface area contributed by atoms with Gasteiger partial charge in [-0.15, -0.1) is 0 Å². The number of aromatic nitrogens is 3. The van der Waals surface area contributed by atoms with Crippen molar-refractivity contribution in [3.63, 3.8) is 0 Å². The molecule has 2 rings (SSSR count). The van der Waals surface area contributed by atoms with Gasteiger partial charge in [0.15, 0.2) is 0 Å². The molecule has 3 N–H and O–H groups in total. The highest BCUT2D eigenvalue weighted by molar-refractivity contribution is 5.40. The third-order valence-corrected chi connectivity index (χ3v) is 2.70. The maximum absolute atomic E-state index is 5.33. The van der Waals surface area contributed by atoms with Gasteiger partial charge in [0, 0.05) is 19.7 Å². The van der Waals surface area contributed by atoms with E-state index in [1.165, 1.54) is 7.11 Å². The number of nitrogens with one attached hydrogen (secondary N) is 1. The Morgan fingerprint density at radius 1 is 1.33 bits per heavy atom. The summed E-state index contributed by atoms with van der Waals surface area (Å²) in [5.74, 6) is 6.19. The van der Waals surface area contributed by atoms with Crippen molar-refractivity contribution >= 4 is 11.9 Å². The highest BCUT2D eigenvalue weighted by Gasteiger charge is 2.31. The molecular weight excluding hydrogens is 236 g/mol. The Balaban J connectivity index is 2.22. The molecule has 1 fully saturated rings. The van der Waals surface area contributed by atoms with Crippen molar-refractivity contribution in [2.75, 3.05) is 37.7 Å². The molecule has 0 aromatic carbocycles. The number of hydrazine groups is 1. The molecule has 0 amide bonds. The van der Waals surface area contributed by atoms with E-state index in [0.717, 1.165) is 19.4 Å². The first-order valence-corrected chi connectivity index (χ1v) is 5.80. The number of ether oxygens (including phenoxy) is 2. The van der Waals surface area contributed by atoms with E-state index >= 15 is 0 Å². The highest BCUT2D eigenvalue weighted by Crippen LogP contribution is 2.30. The topological polar surface area (TPSA) is 98.4 Å². The van der Waals surface area contributed by atoms with Crippen LogP contribution in [0.5, 0.6) is 6.01 Å². The van der Waals surface area contributed by atoms with Gasteiger partial charge in [0.1, 0.15) is 0 Å². The average Bonchev–Trinajstić information content (AvgIpc) is 3.23. The Bertz CT molecular complexity index is 376. The summed E-state index contributed by atoms with van der Waals surface area (Å²) in [5.41, 5.74) is 2.41. The SMILES string of the molecule is COCCN(c1nc(NN)nc(OC)n1)C1CC1. The molecule has 1 aliphatic carbocycles. The van der Waals surface area contributed by atoms with Crippen LogP contribution in [0, 0.1) is 0 Å². The number of nitrogens with two attached hydrogens (primary N) is 1. The van der Waals surface area contributed by atoms with Crippen LogP contribution in [0.25, 0.3) is 0 Å². The van der Waals surface area contributed by atoms with Crippen LogP contribution in [-0.2, 0) is 4.74 Å². The van der Waals surface area contributed by atoms with Gasteiger partial charge in [-0.3, -0.25) is 5.43 Å². The first-order chi connectivity index (χ1) is 8.78. The largest absolute Gasteiger partial charge is 0.467 e. The molecule has 8 nitrogen and oxygen atoms in total. The molecule has 0 atom stereocenters. The van der Waals surface area contributed by atoms with Crippen LogP contribution in [0.1, 0.15) is 12.8 Å².